The molecule has 0 unspecified atom stereocenters. The Hall–Kier alpha value is -7.22. The zero-order valence-corrected chi connectivity index (χ0v) is 30.3. The summed E-state index contributed by atoms with van der Waals surface area (Å²) in [7, 11) is 0. The van der Waals surface area contributed by atoms with Gasteiger partial charge in [0.25, 0.3) is 0 Å². The molecule has 0 atom stereocenters. The highest BCUT2D eigenvalue weighted by Crippen LogP contribution is 2.45. The molecule has 0 aliphatic carbocycles. The van der Waals surface area contributed by atoms with E-state index in [1.807, 2.05) is 0 Å². The number of fused-ring (bicyclic) bond motifs is 3. The molecule has 1 heteroatoms. The molecule has 0 amide bonds. The molecule has 0 N–H and O–H groups in total. The molecule has 0 spiro atoms. The van der Waals surface area contributed by atoms with Gasteiger partial charge in [0, 0.05) is 16.8 Å². The van der Waals surface area contributed by atoms with Crippen LogP contribution in [-0.4, -0.2) is 0 Å². The summed E-state index contributed by atoms with van der Waals surface area (Å²) >= 11 is 0. The minimum Gasteiger partial charge on any atom is -0.310 e. The molecule has 10 aromatic rings. The second kappa shape index (κ2) is 14.0. The van der Waals surface area contributed by atoms with Crippen LogP contribution in [0.5, 0.6) is 0 Å². The van der Waals surface area contributed by atoms with Crippen molar-refractivity contribution in [2.24, 2.45) is 0 Å². The van der Waals surface area contributed by atoms with Crippen molar-refractivity contribution >= 4 is 49.4 Å². The van der Waals surface area contributed by atoms with Crippen molar-refractivity contribution < 1.29 is 0 Å². The van der Waals surface area contributed by atoms with Crippen LogP contribution in [0.15, 0.2) is 224 Å². The van der Waals surface area contributed by atoms with Gasteiger partial charge in [-0.05, 0) is 102 Å². The number of hydrogen-bond donors (Lipinski definition) is 0. The number of rotatable bonds is 7. The summed E-state index contributed by atoms with van der Waals surface area (Å²) in [6.45, 7) is 0. The summed E-state index contributed by atoms with van der Waals surface area (Å²) in [5.41, 5.74) is 13.1. The van der Waals surface area contributed by atoms with Crippen molar-refractivity contribution in [2.75, 3.05) is 4.90 Å². The molecule has 0 aliphatic rings. The van der Waals surface area contributed by atoms with Gasteiger partial charge in [0.1, 0.15) is 0 Å². The Morgan fingerprint density at radius 1 is 0.236 bits per heavy atom. The Balaban J connectivity index is 1.13. The van der Waals surface area contributed by atoms with Gasteiger partial charge in [0.15, 0.2) is 0 Å². The van der Waals surface area contributed by atoms with Crippen LogP contribution >= 0.6 is 0 Å². The minimum absolute atomic E-state index is 1.10. The quantitative estimate of drug-likeness (QED) is 0.160. The topological polar surface area (TPSA) is 3.24 Å². The van der Waals surface area contributed by atoms with Crippen molar-refractivity contribution in [1.82, 2.24) is 0 Å². The molecule has 0 aliphatic heterocycles. The maximum absolute atomic E-state index is 2.39. The van der Waals surface area contributed by atoms with Crippen LogP contribution in [0.3, 0.4) is 0 Å². The molecular weight excluding hydrogens is 663 g/mol. The van der Waals surface area contributed by atoms with Crippen LogP contribution in [0.25, 0.3) is 76.8 Å². The molecule has 55 heavy (non-hydrogen) atoms. The molecule has 1 nitrogen and oxygen atoms in total. The molecule has 0 aromatic heterocycles. The second-order valence-corrected chi connectivity index (χ2v) is 14.0. The lowest BCUT2D eigenvalue weighted by Gasteiger charge is -2.28. The normalized spacial score (nSPS) is 11.3. The number of anilines is 3. The van der Waals surface area contributed by atoms with Crippen LogP contribution in [0.4, 0.5) is 17.1 Å². The predicted octanol–water partition coefficient (Wildman–Crippen LogP) is 15.3. The first-order valence-electron chi connectivity index (χ1n) is 18.9. The number of para-hydroxylation sites is 1. The van der Waals surface area contributed by atoms with Crippen LogP contribution in [0.2, 0.25) is 0 Å². The lowest BCUT2D eigenvalue weighted by molar-refractivity contribution is 1.30. The van der Waals surface area contributed by atoms with Crippen molar-refractivity contribution in [2.45, 2.75) is 0 Å². The highest BCUT2D eigenvalue weighted by molar-refractivity contribution is 6.13. The fourth-order valence-electron chi connectivity index (χ4n) is 8.34. The number of benzene rings is 10. The van der Waals surface area contributed by atoms with Gasteiger partial charge < -0.3 is 4.90 Å². The second-order valence-electron chi connectivity index (χ2n) is 14.0. The average Bonchev–Trinajstić information content (AvgIpc) is 3.27. The molecule has 0 fully saturated rings. The summed E-state index contributed by atoms with van der Waals surface area (Å²) in [5, 5.41) is 7.45. The van der Waals surface area contributed by atoms with E-state index in [0.717, 1.165) is 17.1 Å². The molecule has 10 rings (SSSR count). The van der Waals surface area contributed by atoms with Crippen molar-refractivity contribution in [1.29, 1.82) is 0 Å². The van der Waals surface area contributed by atoms with E-state index in [9.17, 15) is 0 Å². The summed E-state index contributed by atoms with van der Waals surface area (Å²) in [4.78, 5) is 2.39. The predicted molar refractivity (Wildman–Crippen MR) is 235 cm³/mol. The lowest BCUT2D eigenvalue weighted by atomic mass is 9.87. The van der Waals surface area contributed by atoms with Crippen LogP contribution in [0.1, 0.15) is 0 Å². The summed E-state index contributed by atoms with van der Waals surface area (Å²) in [6.07, 6.45) is 0. The first-order valence-corrected chi connectivity index (χ1v) is 18.9. The van der Waals surface area contributed by atoms with Gasteiger partial charge in [-0.3, -0.25) is 0 Å². The standard InChI is InChI=1S/C54H37N/c1-4-16-38(17-5-1)45-34-35-47(54-46(27-15-29-52(45)54)40-18-6-2-7-19-40)41-30-32-43(33-31-41)55(42-22-8-3-9-23-42)53-37-36-50(49-25-12-13-26-51(49)53)48-28-14-21-39-20-10-11-24-44(39)48/h1-37H. The van der Waals surface area contributed by atoms with E-state index in [-0.39, 0.29) is 0 Å². The van der Waals surface area contributed by atoms with E-state index in [1.165, 1.54) is 76.8 Å². The fourth-order valence-corrected chi connectivity index (χ4v) is 8.34. The SMILES string of the molecule is c1ccc(-c2ccc(-c3ccc(N(c4ccccc4)c4ccc(-c5cccc6ccccc56)c5ccccc45)cc3)c3c(-c4ccccc4)cccc23)cc1. The van der Waals surface area contributed by atoms with Gasteiger partial charge in [0.05, 0.1) is 5.69 Å². The molecule has 0 radical (unpaired) electrons. The van der Waals surface area contributed by atoms with Crippen LogP contribution in [0, 0.1) is 0 Å². The third kappa shape index (κ3) is 5.84. The van der Waals surface area contributed by atoms with Gasteiger partial charge in [-0.1, -0.05) is 194 Å². The number of nitrogens with zero attached hydrogens (tertiary/aromatic N) is 1. The highest BCUT2D eigenvalue weighted by Gasteiger charge is 2.19. The van der Waals surface area contributed by atoms with E-state index < -0.39 is 0 Å². The van der Waals surface area contributed by atoms with Gasteiger partial charge in [-0.25, -0.2) is 0 Å². The van der Waals surface area contributed by atoms with E-state index in [0.29, 0.717) is 0 Å². The fraction of sp³-hybridized carbons (Fsp3) is 0. The maximum atomic E-state index is 2.39. The molecule has 0 heterocycles. The Morgan fingerprint density at radius 2 is 0.691 bits per heavy atom. The minimum atomic E-state index is 1.10. The van der Waals surface area contributed by atoms with Crippen molar-refractivity contribution in [3.63, 3.8) is 0 Å². The first-order chi connectivity index (χ1) is 27.3. The zero-order valence-electron chi connectivity index (χ0n) is 30.3. The largest absolute Gasteiger partial charge is 0.310 e. The summed E-state index contributed by atoms with van der Waals surface area (Å²) in [6, 6.07) is 81.3. The van der Waals surface area contributed by atoms with Gasteiger partial charge >= 0.3 is 0 Å². The Labute approximate surface area is 322 Å². The molecule has 0 saturated heterocycles. The number of hydrogen-bond acceptors (Lipinski definition) is 1. The average molecular weight is 700 g/mol. The van der Waals surface area contributed by atoms with E-state index in [2.05, 4.69) is 229 Å². The molecule has 0 bridgehead atoms. The van der Waals surface area contributed by atoms with Gasteiger partial charge in [-0.15, -0.1) is 0 Å². The molecule has 0 saturated carbocycles. The van der Waals surface area contributed by atoms with E-state index in [4.69, 9.17) is 0 Å². The summed E-state index contributed by atoms with van der Waals surface area (Å²) in [5.74, 6) is 0. The molecule has 258 valence electrons. The van der Waals surface area contributed by atoms with Gasteiger partial charge in [-0.2, -0.15) is 0 Å². The third-order valence-electron chi connectivity index (χ3n) is 10.9. The summed E-state index contributed by atoms with van der Waals surface area (Å²) < 4.78 is 0. The highest BCUT2D eigenvalue weighted by atomic mass is 15.1. The van der Waals surface area contributed by atoms with Crippen molar-refractivity contribution in [3.05, 3.63) is 224 Å². The monoisotopic (exact) mass is 699 g/mol. The molecular formula is C54H37N. The van der Waals surface area contributed by atoms with Gasteiger partial charge in [0.2, 0.25) is 0 Å². The maximum Gasteiger partial charge on any atom is 0.0540 e. The first kappa shape index (κ1) is 32.4. The Kier molecular flexibility index (Phi) is 8.24. The third-order valence-corrected chi connectivity index (χ3v) is 10.9. The Bertz CT molecular complexity index is 2940. The Morgan fingerprint density at radius 3 is 1.44 bits per heavy atom. The lowest BCUT2D eigenvalue weighted by Crippen LogP contribution is -2.10. The van der Waals surface area contributed by atoms with E-state index >= 15 is 0 Å². The smallest absolute Gasteiger partial charge is 0.0540 e. The zero-order chi connectivity index (χ0) is 36.6. The van der Waals surface area contributed by atoms with E-state index in [1.54, 1.807) is 0 Å². The van der Waals surface area contributed by atoms with Crippen molar-refractivity contribution in [3.8, 4) is 44.5 Å². The van der Waals surface area contributed by atoms with Crippen LogP contribution in [-0.2, 0) is 0 Å². The van der Waals surface area contributed by atoms with Crippen LogP contribution < -0.4 is 4.90 Å². The molecule has 10 aromatic carbocycles.